The molecule has 0 aliphatic heterocycles. The zero-order valence-electron chi connectivity index (χ0n) is 7.46. The van der Waals surface area contributed by atoms with Gasteiger partial charge in [-0.15, -0.1) is 0 Å². The summed E-state index contributed by atoms with van der Waals surface area (Å²) in [4.78, 5) is 5.49. The highest BCUT2D eigenvalue weighted by Crippen LogP contribution is 2.17. The van der Waals surface area contributed by atoms with E-state index in [9.17, 15) is 0 Å². The molecule has 0 atom stereocenters. The second-order valence-electron chi connectivity index (χ2n) is 2.81. The molecule has 0 saturated carbocycles. The van der Waals surface area contributed by atoms with Gasteiger partial charge in [0.15, 0.2) is 0 Å². The number of aromatic nitrogens is 3. The van der Waals surface area contributed by atoms with Crippen molar-refractivity contribution in [3.63, 3.8) is 0 Å². The summed E-state index contributed by atoms with van der Waals surface area (Å²) in [6.45, 7) is 6.19. The highest BCUT2D eigenvalue weighted by atomic mass is 32.1. The predicted octanol–water partition coefficient (Wildman–Crippen LogP) is 1.97. The van der Waals surface area contributed by atoms with E-state index in [1.54, 1.807) is 11.3 Å². The Morgan fingerprint density at radius 3 is 2.75 bits per heavy atom. The molecule has 0 fully saturated rings. The first-order valence-corrected chi connectivity index (χ1v) is 4.85. The Hall–Kier alpha value is -0.900. The highest BCUT2D eigenvalue weighted by Gasteiger charge is 2.09. The number of hydrogen-bond acceptors (Lipinski definition) is 3. The Labute approximate surface area is 75.1 Å². The van der Waals surface area contributed by atoms with Gasteiger partial charge in [-0.3, -0.25) is 0 Å². The van der Waals surface area contributed by atoms with Crippen molar-refractivity contribution in [2.75, 3.05) is 0 Å². The van der Waals surface area contributed by atoms with Gasteiger partial charge in [0.25, 0.3) is 0 Å². The van der Waals surface area contributed by atoms with Crippen LogP contribution in [0.2, 0.25) is 0 Å². The van der Waals surface area contributed by atoms with Crippen LogP contribution in [0, 0.1) is 13.8 Å². The van der Waals surface area contributed by atoms with Crippen molar-refractivity contribution in [2.45, 2.75) is 27.2 Å². The van der Waals surface area contributed by atoms with Crippen LogP contribution in [-0.2, 0) is 6.42 Å². The maximum Gasteiger partial charge on any atom is 0.212 e. The molecule has 2 aromatic rings. The number of nitrogens with zero attached hydrogens (tertiary/aromatic N) is 3. The van der Waals surface area contributed by atoms with E-state index in [0.29, 0.717) is 0 Å². The lowest BCUT2D eigenvalue weighted by atomic mass is 10.3. The van der Waals surface area contributed by atoms with Crippen molar-refractivity contribution in [3.05, 3.63) is 16.4 Å². The lowest BCUT2D eigenvalue weighted by molar-refractivity contribution is 0.894. The molecule has 0 amide bonds. The number of rotatable bonds is 1. The van der Waals surface area contributed by atoms with E-state index in [4.69, 9.17) is 0 Å². The van der Waals surface area contributed by atoms with Crippen LogP contribution in [-0.4, -0.2) is 14.6 Å². The van der Waals surface area contributed by atoms with E-state index in [0.717, 1.165) is 22.1 Å². The molecule has 12 heavy (non-hydrogen) atoms. The van der Waals surface area contributed by atoms with Gasteiger partial charge in [0, 0.05) is 0 Å². The minimum Gasteiger partial charge on any atom is -0.222 e. The van der Waals surface area contributed by atoms with Crippen molar-refractivity contribution in [3.8, 4) is 0 Å². The molecular formula is C8H11N3S. The minimum absolute atomic E-state index is 0.987. The largest absolute Gasteiger partial charge is 0.222 e. The number of fused-ring (bicyclic) bond motifs is 1. The standard InChI is InChI=1S/C8H11N3S/c1-4-7-5(2)11-8(9-7)12-6(3)10-11/h4H2,1-3H3. The third-order valence-corrected chi connectivity index (χ3v) is 2.79. The quantitative estimate of drug-likeness (QED) is 0.673. The third kappa shape index (κ3) is 0.948. The van der Waals surface area contributed by atoms with Gasteiger partial charge in [-0.25, -0.2) is 9.50 Å². The first kappa shape index (κ1) is 7.73. The van der Waals surface area contributed by atoms with Crippen molar-refractivity contribution < 1.29 is 0 Å². The summed E-state index contributed by atoms with van der Waals surface area (Å²) in [6, 6.07) is 0. The van der Waals surface area contributed by atoms with Crippen molar-refractivity contribution in [1.82, 2.24) is 14.6 Å². The zero-order valence-corrected chi connectivity index (χ0v) is 8.27. The molecule has 64 valence electrons. The number of imidazole rings is 1. The second-order valence-corrected chi connectivity index (χ2v) is 3.97. The van der Waals surface area contributed by atoms with Crippen LogP contribution in [0.25, 0.3) is 4.96 Å². The molecule has 4 heteroatoms. The summed E-state index contributed by atoms with van der Waals surface area (Å²) in [5.74, 6) is 0. The van der Waals surface area contributed by atoms with E-state index in [1.165, 1.54) is 5.69 Å². The first-order valence-electron chi connectivity index (χ1n) is 4.04. The van der Waals surface area contributed by atoms with Crippen LogP contribution in [0.1, 0.15) is 23.3 Å². The molecule has 0 unspecified atom stereocenters. The fourth-order valence-electron chi connectivity index (χ4n) is 1.32. The summed E-state index contributed by atoms with van der Waals surface area (Å²) >= 11 is 1.64. The summed E-state index contributed by atoms with van der Waals surface area (Å²) in [7, 11) is 0. The Balaban J connectivity index is 2.74. The SMILES string of the molecule is CCc1nc2sc(C)nn2c1C. The maximum absolute atomic E-state index is 4.47. The lowest BCUT2D eigenvalue weighted by Gasteiger charge is -1.90. The van der Waals surface area contributed by atoms with Crippen LogP contribution < -0.4 is 0 Å². The molecule has 0 spiro atoms. The van der Waals surface area contributed by atoms with E-state index < -0.39 is 0 Å². The molecular weight excluding hydrogens is 170 g/mol. The molecule has 2 heterocycles. The molecule has 2 aromatic heterocycles. The van der Waals surface area contributed by atoms with Gasteiger partial charge in [-0.05, 0) is 20.3 Å². The Morgan fingerprint density at radius 2 is 2.17 bits per heavy atom. The molecule has 0 aliphatic carbocycles. The van der Waals surface area contributed by atoms with Crippen molar-refractivity contribution >= 4 is 16.3 Å². The van der Waals surface area contributed by atoms with Crippen LogP contribution >= 0.6 is 11.3 Å². The van der Waals surface area contributed by atoms with Crippen LogP contribution in [0.3, 0.4) is 0 Å². The van der Waals surface area contributed by atoms with Gasteiger partial charge in [0.05, 0.1) is 11.4 Å². The summed E-state index contributed by atoms with van der Waals surface area (Å²) < 4.78 is 1.93. The zero-order chi connectivity index (χ0) is 8.72. The molecule has 0 saturated heterocycles. The third-order valence-electron chi connectivity index (χ3n) is 1.96. The predicted molar refractivity (Wildman–Crippen MR) is 49.7 cm³/mol. The minimum atomic E-state index is 0.987. The summed E-state index contributed by atoms with van der Waals surface area (Å²) in [6.07, 6.45) is 0.987. The molecule has 0 aromatic carbocycles. The molecule has 3 nitrogen and oxygen atoms in total. The van der Waals surface area contributed by atoms with E-state index >= 15 is 0 Å². The van der Waals surface area contributed by atoms with E-state index in [-0.39, 0.29) is 0 Å². The number of aryl methyl sites for hydroxylation is 3. The van der Waals surface area contributed by atoms with Gasteiger partial charge in [-0.1, -0.05) is 18.3 Å². The number of hydrogen-bond donors (Lipinski definition) is 0. The Bertz CT molecular complexity index is 413. The fourth-order valence-corrected chi connectivity index (χ4v) is 2.13. The second kappa shape index (κ2) is 2.55. The van der Waals surface area contributed by atoms with Gasteiger partial charge < -0.3 is 0 Å². The first-order chi connectivity index (χ1) is 5.72. The molecule has 0 N–H and O–H groups in total. The van der Waals surface area contributed by atoms with E-state index in [2.05, 4.69) is 23.9 Å². The monoisotopic (exact) mass is 181 g/mol. The van der Waals surface area contributed by atoms with Crippen molar-refractivity contribution in [2.24, 2.45) is 0 Å². The van der Waals surface area contributed by atoms with Gasteiger partial charge in [0.2, 0.25) is 4.96 Å². The summed E-state index contributed by atoms with van der Waals surface area (Å²) in [5, 5.41) is 5.43. The van der Waals surface area contributed by atoms with Crippen LogP contribution in [0.15, 0.2) is 0 Å². The highest BCUT2D eigenvalue weighted by molar-refractivity contribution is 7.16. The molecule has 0 radical (unpaired) electrons. The van der Waals surface area contributed by atoms with Gasteiger partial charge in [0.1, 0.15) is 5.01 Å². The maximum atomic E-state index is 4.47. The van der Waals surface area contributed by atoms with E-state index in [1.807, 2.05) is 11.4 Å². The average Bonchev–Trinajstić information content (AvgIpc) is 2.51. The van der Waals surface area contributed by atoms with Gasteiger partial charge in [-0.2, -0.15) is 5.10 Å². The average molecular weight is 181 g/mol. The molecule has 2 rings (SSSR count). The fraction of sp³-hybridized carbons (Fsp3) is 0.500. The summed E-state index contributed by atoms with van der Waals surface area (Å²) in [5.41, 5.74) is 2.34. The van der Waals surface area contributed by atoms with Gasteiger partial charge >= 0.3 is 0 Å². The lowest BCUT2D eigenvalue weighted by Crippen LogP contribution is -1.90. The Morgan fingerprint density at radius 1 is 1.42 bits per heavy atom. The smallest absolute Gasteiger partial charge is 0.212 e. The molecule has 0 bridgehead atoms. The van der Waals surface area contributed by atoms with Crippen LogP contribution in [0.4, 0.5) is 0 Å². The van der Waals surface area contributed by atoms with Crippen molar-refractivity contribution in [1.29, 1.82) is 0 Å². The van der Waals surface area contributed by atoms with Crippen LogP contribution in [0.5, 0.6) is 0 Å². The normalized spacial score (nSPS) is 11.2. The molecule has 0 aliphatic rings. The topological polar surface area (TPSA) is 30.2 Å². The Kier molecular flexibility index (Phi) is 1.65.